The summed E-state index contributed by atoms with van der Waals surface area (Å²) in [5.41, 5.74) is 4.57. The van der Waals surface area contributed by atoms with E-state index in [9.17, 15) is 39.5 Å². The maximum Gasteiger partial charge on any atom is 0.162 e. The fourth-order valence-corrected chi connectivity index (χ4v) is 15.8. The largest absolute Gasteiger partial charge is 0.304 e. The number of piperidine rings is 6. The summed E-state index contributed by atoms with van der Waals surface area (Å²) in [6.45, 7) is 34.6. The van der Waals surface area contributed by atoms with Crippen LogP contribution in [0.25, 0.3) is 0 Å². The van der Waals surface area contributed by atoms with Crippen molar-refractivity contribution in [2.45, 2.75) is 153 Å². The third-order valence-electron chi connectivity index (χ3n) is 20.8. The van der Waals surface area contributed by atoms with Gasteiger partial charge in [0.1, 0.15) is 17.5 Å². The van der Waals surface area contributed by atoms with Crippen LogP contribution in [-0.2, 0) is 0 Å². The van der Waals surface area contributed by atoms with Crippen LogP contribution in [0.5, 0.6) is 0 Å². The zero-order valence-electron chi connectivity index (χ0n) is 59.3. The Balaban J connectivity index is 0.000000169. The summed E-state index contributed by atoms with van der Waals surface area (Å²) in [4.78, 5) is 14.3. The molecule has 6 aliphatic rings. The van der Waals surface area contributed by atoms with Crippen molar-refractivity contribution in [3.63, 3.8) is 0 Å². The third-order valence-corrected chi connectivity index (χ3v) is 22.0. The molecule has 6 aromatic carbocycles. The van der Waals surface area contributed by atoms with Crippen molar-refractivity contribution in [3.05, 3.63) is 235 Å². The molecule has 0 atom stereocenters. The Kier molecular flexibility index (Phi) is 35.4. The van der Waals surface area contributed by atoms with Crippen LogP contribution >= 0.6 is 34.8 Å². The number of nitrogens with zero attached hydrogens (tertiary/aromatic N) is 6. The number of hydrogen-bond acceptors (Lipinski definition) is 6. The van der Waals surface area contributed by atoms with Gasteiger partial charge in [0.05, 0.1) is 15.1 Å². The van der Waals surface area contributed by atoms with Gasteiger partial charge in [-0.25, -0.2) is 39.5 Å². The molecule has 6 fully saturated rings. The van der Waals surface area contributed by atoms with E-state index in [0.29, 0.717) is 49.5 Å². The fraction of sp³-hybridized carbons (Fsp3) is 0.512. The van der Waals surface area contributed by atoms with E-state index in [1.165, 1.54) is 49.4 Å². The zero-order chi connectivity index (χ0) is 72.1. The van der Waals surface area contributed by atoms with Gasteiger partial charge in [-0.3, -0.25) is 9.80 Å². The molecule has 548 valence electrons. The fourth-order valence-electron chi connectivity index (χ4n) is 14.9. The zero-order valence-corrected chi connectivity index (χ0v) is 61.5. The molecule has 6 saturated heterocycles. The van der Waals surface area contributed by atoms with Crippen LogP contribution in [-0.4, -0.2) is 147 Å². The van der Waals surface area contributed by atoms with Gasteiger partial charge < -0.3 is 19.6 Å². The summed E-state index contributed by atoms with van der Waals surface area (Å²) in [5.74, 6) is -3.32. The molecule has 0 aliphatic carbocycles. The van der Waals surface area contributed by atoms with Gasteiger partial charge >= 0.3 is 0 Å². The van der Waals surface area contributed by atoms with Gasteiger partial charge in [-0.05, 0) is 300 Å². The highest BCUT2D eigenvalue weighted by molar-refractivity contribution is 6.32. The first-order valence-corrected chi connectivity index (χ1v) is 37.7. The van der Waals surface area contributed by atoms with Gasteiger partial charge in [-0.1, -0.05) is 147 Å². The Morgan fingerprint density at radius 1 is 0.300 bits per heavy atom. The highest BCUT2D eigenvalue weighted by Gasteiger charge is 2.29. The second-order valence-electron chi connectivity index (χ2n) is 27.2. The average Bonchev–Trinajstić information content (AvgIpc) is 0.876. The molecule has 6 aromatic rings. The highest BCUT2D eigenvalue weighted by Crippen LogP contribution is 2.38. The van der Waals surface area contributed by atoms with Crippen molar-refractivity contribution < 1.29 is 39.5 Å². The van der Waals surface area contributed by atoms with Gasteiger partial charge in [0.15, 0.2) is 34.9 Å². The molecule has 6 nitrogen and oxygen atoms in total. The smallest absolute Gasteiger partial charge is 0.162 e. The maximum absolute atomic E-state index is 13.6. The van der Waals surface area contributed by atoms with Crippen molar-refractivity contribution in [3.8, 4) is 0 Å². The molecule has 100 heavy (non-hydrogen) atoms. The highest BCUT2D eigenvalue weighted by atomic mass is 35.5. The summed E-state index contributed by atoms with van der Waals surface area (Å²) < 4.78 is 120. The van der Waals surface area contributed by atoms with Gasteiger partial charge in [0.2, 0.25) is 0 Å². The van der Waals surface area contributed by atoms with E-state index in [0.717, 1.165) is 211 Å². The van der Waals surface area contributed by atoms with E-state index in [-0.39, 0.29) is 35.2 Å². The van der Waals surface area contributed by atoms with Gasteiger partial charge in [0.25, 0.3) is 0 Å². The Bertz CT molecular complexity index is 3180. The molecule has 0 spiro atoms. The Hall–Kier alpha value is -5.20. The summed E-state index contributed by atoms with van der Waals surface area (Å²) >= 11 is 18.1. The normalized spacial score (nSPS) is 18.6. The molecule has 0 bridgehead atoms. The summed E-state index contributed by atoms with van der Waals surface area (Å²) in [5, 5.41) is 0.938. The summed E-state index contributed by atoms with van der Waals surface area (Å²) in [6, 6.07) is 28.8. The van der Waals surface area contributed by atoms with Crippen LogP contribution in [0, 0.1) is 52.4 Å². The monoisotopic (exact) mass is 1450 g/mol. The predicted molar refractivity (Wildman–Crippen MR) is 396 cm³/mol. The number of likely N-dealkylation sites (tertiary alicyclic amines) is 6. The lowest BCUT2D eigenvalue weighted by Crippen LogP contribution is -2.33. The molecule has 18 heteroatoms. The molecular weight excluding hydrogens is 1350 g/mol. The molecule has 0 unspecified atom stereocenters. The van der Waals surface area contributed by atoms with Crippen molar-refractivity contribution in [2.24, 2.45) is 0 Å². The number of rotatable bonds is 16. The lowest BCUT2D eigenvalue weighted by Gasteiger charge is -2.32. The SMILES string of the molecule is C=CCN1CCC(c2cccc(F)c2Cl)CC1.C=CCN1CCC(c2cccc(F)c2F)CC1.CCCN1CCC(c2cccc(F)c2Cl)CC1.CCCN1CCC(c2cccc(F)c2F)CC1.CCN1CCC(c2cccc(F)c2Cl)CC1.CCN1CCC(c2cccc(F)c2F)CC1. The van der Waals surface area contributed by atoms with E-state index in [1.54, 1.807) is 54.6 Å². The molecule has 6 heterocycles. The predicted octanol–water partition coefficient (Wildman–Crippen LogP) is 21.6. The van der Waals surface area contributed by atoms with Gasteiger partial charge in [-0.15, -0.1) is 13.2 Å². The Labute approximate surface area is 606 Å². The molecule has 0 radical (unpaired) electrons. The Morgan fingerprint density at radius 2 is 0.500 bits per heavy atom. The molecule has 0 aromatic heterocycles. The second kappa shape index (κ2) is 43.2. The van der Waals surface area contributed by atoms with Crippen LogP contribution in [0.15, 0.2) is 135 Å². The number of hydrogen-bond donors (Lipinski definition) is 0. The average molecular weight is 1450 g/mol. The first-order chi connectivity index (χ1) is 48.3. The number of halogens is 12. The quantitative estimate of drug-likeness (QED) is 0.0705. The van der Waals surface area contributed by atoms with E-state index < -0.39 is 34.9 Å². The topological polar surface area (TPSA) is 19.4 Å². The van der Waals surface area contributed by atoms with Crippen LogP contribution < -0.4 is 0 Å². The van der Waals surface area contributed by atoms with Crippen molar-refractivity contribution >= 4 is 34.8 Å². The Morgan fingerprint density at radius 3 is 0.720 bits per heavy atom. The van der Waals surface area contributed by atoms with Gasteiger partial charge in [0, 0.05) is 13.1 Å². The molecular formula is C82H106Cl3F9N6. The second-order valence-corrected chi connectivity index (χ2v) is 28.4. The minimum absolute atomic E-state index is 0.145. The van der Waals surface area contributed by atoms with Crippen LogP contribution in [0.2, 0.25) is 15.1 Å². The first-order valence-electron chi connectivity index (χ1n) is 36.5. The minimum atomic E-state index is -0.740. The van der Waals surface area contributed by atoms with Crippen molar-refractivity contribution in [1.29, 1.82) is 0 Å². The van der Waals surface area contributed by atoms with E-state index in [2.05, 4.69) is 70.3 Å². The first kappa shape index (κ1) is 82.1. The summed E-state index contributed by atoms with van der Waals surface area (Å²) in [6.07, 6.45) is 18.0. The van der Waals surface area contributed by atoms with Crippen molar-refractivity contribution in [2.75, 3.05) is 118 Å². The maximum atomic E-state index is 13.6. The third kappa shape index (κ3) is 24.5. The lowest BCUT2D eigenvalue weighted by atomic mass is 9.89. The van der Waals surface area contributed by atoms with E-state index in [4.69, 9.17) is 34.8 Å². The van der Waals surface area contributed by atoms with Gasteiger partial charge in [-0.2, -0.15) is 0 Å². The summed E-state index contributed by atoms with van der Waals surface area (Å²) in [7, 11) is 0. The minimum Gasteiger partial charge on any atom is -0.304 e. The standard InChI is InChI=1S/C14H19ClFN.C14H17ClFN.C14H19F2N.C14H17F2N.C13H17ClFN.C13H17F2N/c2*1-2-8-17-9-6-11(7-10-17)12-4-3-5-13(16)14(12)15;2*1-2-8-17-9-6-11(7-10-17)12-4-3-5-13(15)14(12)16;1-2-16-8-6-10(7-9-16)11-4-3-5-12(15)13(11)14;1-2-16-8-6-10(7-9-16)11-4-3-5-12(14)13(11)15/h3-5,11H,2,6-10H2,1H3;2-5,11H,1,6-10H2;3-5,11H,2,6-10H2,1H3;2-5,11H,1,6-10H2;2*3-5,10H,2,6-9H2,1H3. The molecule has 0 amide bonds. The number of benzene rings is 6. The van der Waals surface area contributed by atoms with Crippen LogP contribution in [0.4, 0.5) is 39.5 Å². The van der Waals surface area contributed by atoms with Crippen molar-refractivity contribution in [1.82, 2.24) is 29.4 Å². The van der Waals surface area contributed by atoms with Crippen LogP contribution in [0.3, 0.4) is 0 Å². The molecule has 0 N–H and O–H groups in total. The van der Waals surface area contributed by atoms with E-state index in [1.807, 2.05) is 30.4 Å². The van der Waals surface area contributed by atoms with E-state index >= 15 is 0 Å². The van der Waals surface area contributed by atoms with Crippen LogP contribution in [0.1, 0.15) is 186 Å². The molecule has 12 rings (SSSR count). The molecule has 6 aliphatic heterocycles. The lowest BCUT2D eigenvalue weighted by molar-refractivity contribution is 0.210. The molecule has 0 saturated carbocycles.